The van der Waals surface area contributed by atoms with Gasteiger partial charge in [0.25, 0.3) is 0 Å². The summed E-state index contributed by atoms with van der Waals surface area (Å²) in [6.45, 7) is 7.39. The SMILES string of the molecule is CCOC(=O)c1ccc2c(c1)c(Br)nn2C(=O)OC(C)(C)C. The Bertz CT molecular complexity index is 731. The summed E-state index contributed by atoms with van der Waals surface area (Å²) in [5, 5.41) is 4.76. The molecule has 0 fully saturated rings. The van der Waals surface area contributed by atoms with Gasteiger partial charge in [0.05, 0.1) is 17.7 Å². The van der Waals surface area contributed by atoms with Crippen molar-refractivity contribution in [3.05, 3.63) is 28.4 Å². The summed E-state index contributed by atoms with van der Waals surface area (Å²) in [5.41, 5.74) is 0.333. The second-order valence-electron chi connectivity index (χ2n) is 5.64. The maximum absolute atomic E-state index is 12.2. The lowest BCUT2D eigenvalue weighted by atomic mass is 10.1. The van der Waals surface area contributed by atoms with E-state index in [4.69, 9.17) is 9.47 Å². The Labute approximate surface area is 136 Å². The van der Waals surface area contributed by atoms with Gasteiger partial charge in [-0.05, 0) is 61.8 Å². The van der Waals surface area contributed by atoms with Gasteiger partial charge >= 0.3 is 12.1 Å². The Kier molecular flexibility index (Phi) is 4.55. The van der Waals surface area contributed by atoms with Crippen LogP contribution < -0.4 is 0 Å². The lowest BCUT2D eigenvalue weighted by molar-refractivity contribution is 0.0515. The number of halogens is 1. The zero-order chi connectivity index (χ0) is 16.5. The lowest BCUT2D eigenvalue weighted by Gasteiger charge is -2.19. The minimum Gasteiger partial charge on any atom is -0.462 e. The van der Waals surface area contributed by atoms with Crippen LogP contribution in [0.3, 0.4) is 0 Å². The number of esters is 1. The molecule has 0 unspecified atom stereocenters. The van der Waals surface area contributed by atoms with Gasteiger partial charge in [0.15, 0.2) is 0 Å². The van der Waals surface area contributed by atoms with Gasteiger partial charge < -0.3 is 9.47 Å². The number of hydrogen-bond donors (Lipinski definition) is 0. The average molecular weight is 369 g/mol. The molecule has 0 aliphatic rings. The topological polar surface area (TPSA) is 70.4 Å². The Morgan fingerprint density at radius 1 is 1.32 bits per heavy atom. The summed E-state index contributed by atoms with van der Waals surface area (Å²) >= 11 is 3.30. The molecule has 0 saturated heterocycles. The van der Waals surface area contributed by atoms with Crippen LogP contribution in [0.15, 0.2) is 22.8 Å². The molecule has 6 nitrogen and oxygen atoms in total. The molecule has 22 heavy (non-hydrogen) atoms. The standard InChI is InChI=1S/C15H17BrN2O4/c1-5-21-13(19)9-6-7-11-10(8-9)12(16)17-18(11)14(20)22-15(2,3)4/h6-8H,5H2,1-4H3. The van der Waals surface area contributed by atoms with Crippen molar-refractivity contribution in [1.29, 1.82) is 0 Å². The van der Waals surface area contributed by atoms with Gasteiger partial charge in [0.1, 0.15) is 10.2 Å². The van der Waals surface area contributed by atoms with Crippen molar-refractivity contribution in [3.63, 3.8) is 0 Å². The third-order valence-electron chi connectivity index (χ3n) is 2.71. The van der Waals surface area contributed by atoms with Gasteiger partial charge in [0, 0.05) is 5.39 Å². The Balaban J connectivity index is 2.43. The van der Waals surface area contributed by atoms with E-state index < -0.39 is 17.7 Å². The predicted octanol–water partition coefficient (Wildman–Crippen LogP) is 3.76. The lowest BCUT2D eigenvalue weighted by Crippen LogP contribution is -2.27. The fraction of sp³-hybridized carbons (Fsp3) is 0.400. The van der Waals surface area contributed by atoms with Crippen LogP contribution in [0, 0.1) is 0 Å². The van der Waals surface area contributed by atoms with E-state index in [1.165, 1.54) is 4.68 Å². The minimum absolute atomic E-state index is 0.301. The van der Waals surface area contributed by atoms with E-state index in [1.807, 2.05) is 0 Å². The van der Waals surface area contributed by atoms with Crippen LogP contribution in [0.25, 0.3) is 10.9 Å². The molecular formula is C15H17BrN2O4. The first-order chi connectivity index (χ1) is 10.2. The van der Waals surface area contributed by atoms with Crippen LogP contribution in [-0.2, 0) is 9.47 Å². The van der Waals surface area contributed by atoms with Gasteiger partial charge in [0.2, 0.25) is 0 Å². The quantitative estimate of drug-likeness (QED) is 0.754. The maximum Gasteiger partial charge on any atom is 0.435 e. The Morgan fingerprint density at radius 3 is 2.59 bits per heavy atom. The van der Waals surface area contributed by atoms with Crippen LogP contribution in [0.4, 0.5) is 4.79 Å². The molecule has 118 valence electrons. The number of rotatable bonds is 2. The molecule has 0 radical (unpaired) electrons. The molecular weight excluding hydrogens is 352 g/mol. The van der Waals surface area contributed by atoms with Crippen molar-refractivity contribution in [3.8, 4) is 0 Å². The third kappa shape index (κ3) is 3.47. The zero-order valence-corrected chi connectivity index (χ0v) is 14.4. The number of aromatic nitrogens is 2. The van der Waals surface area contributed by atoms with Gasteiger partial charge in [-0.3, -0.25) is 0 Å². The van der Waals surface area contributed by atoms with Crippen molar-refractivity contribution in [1.82, 2.24) is 9.78 Å². The summed E-state index contributed by atoms with van der Waals surface area (Å²) < 4.78 is 11.9. The number of ether oxygens (including phenoxy) is 2. The summed E-state index contributed by atoms with van der Waals surface area (Å²) in [5.74, 6) is -0.415. The van der Waals surface area contributed by atoms with E-state index in [1.54, 1.807) is 45.9 Å². The van der Waals surface area contributed by atoms with Gasteiger partial charge in [-0.25, -0.2) is 9.59 Å². The molecule has 0 bridgehead atoms. The summed E-state index contributed by atoms with van der Waals surface area (Å²) in [4.78, 5) is 23.9. The van der Waals surface area contributed by atoms with Crippen LogP contribution in [0.5, 0.6) is 0 Å². The zero-order valence-electron chi connectivity index (χ0n) is 12.8. The maximum atomic E-state index is 12.2. The van der Waals surface area contributed by atoms with E-state index in [0.717, 1.165) is 0 Å². The van der Waals surface area contributed by atoms with Crippen LogP contribution in [0.1, 0.15) is 38.1 Å². The van der Waals surface area contributed by atoms with Crippen LogP contribution in [-0.4, -0.2) is 34.1 Å². The van der Waals surface area contributed by atoms with Gasteiger partial charge in [-0.1, -0.05) is 0 Å². The van der Waals surface area contributed by atoms with E-state index in [2.05, 4.69) is 21.0 Å². The second-order valence-corrected chi connectivity index (χ2v) is 6.39. The number of nitrogens with zero attached hydrogens (tertiary/aromatic N) is 2. The molecule has 1 heterocycles. The first kappa shape index (κ1) is 16.5. The normalized spacial score (nSPS) is 11.5. The molecule has 0 aliphatic carbocycles. The molecule has 0 spiro atoms. The number of fused-ring (bicyclic) bond motifs is 1. The van der Waals surface area contributed by atoms with Crippen molar-refractivity contribution in [2.75, 3.05) is 6.61 Å². The van der Waals surface area contributed by atoms with Crippen molar-refractivity contribution in [2.45, 2.75) is 33.3 Å². The Hall–Kier alpha value is -1.89. The monoisotopic (exact) mass is 368 g/mol. The summed E-state index contributed by atoms with van der Waals surface area (Å²) in [6.07, 6.45) is -0.577. The van der Waals surface area contributed by atoms with E-state index in [9.17, 15) is 9.59 Å². The fourth-order valence-electron chi connectivity index (χ4n) is 1.87. The molecule has 0 saturated carbocycles. The largest absolute Gasteiger partial charge is 0.462 e. The summed E-state index contributed by atoms with van der Waals surface area (Å²) in [6, 6.07) is 4.86. The summed E-state index contributed by atoms with van der Waals surface area (Å²) in [7, 11) is 0. The molecule has 0 N–H and O–H groups in total. The highest BCUT2D eigenvalue weighted by molar-refractivity contribution is 9.10. The van der Waals surface area contributed by atoms with E-state index in [0.29, 0.717) is 27.7 Å². The molecule has 0 amide bonds. The molecule has 2 rings (SSSR count). The van der Waals surface area contributed by atoms with Gasteiger partial charge in [-0.15, -0.1) is 0 Å². The van der Waals surface area contributed by atoms with Crippen molar-refractivity contribution in [2.24, 2.45) is 0 Å². The molecule has 0 aliphatic heterocycles. The number of carbonyl (C=O) groups excluding carboxylic acids is 2. The van der Waals surface area contributed by atoms with Gasteiger partial charge in [-0.2, -0.15) is 9.78 Å². The van der Waals surface area contributed by atoms with Crippen molar-refractivity contribution < 1.29 is 19.1 Å². The molecule has 7 heteroatoms. The highest BCUT2D eigenvalue weighted by Gasteiger charge is 2.22. The van der Waals surface area contributed by atoms with Crippen LogP contribution in [0.2, 0.25) is 0 Å². The first-order valence-corrected chi connectivity index (χ1v) is 7.61. The highest BCUT2D eigenvalue weighted by Crippen LogP contribution is 2.25. The number of benzene rings is 1. The molecule has 2 aromatic rings. The predicted molar refractivity (Wildman–Crippen MR) is 85.0 cm³/mol. The minimum atomic E-state index is -0.618. The highest BCUT2D eigenvalue weighted by atomic mass is 79.9. The first-order valence-electron chi connectivity index (χ1n) is 6.81. The average Bonchev–Trinajstić information content (AvgIpc) is 2.74. The van der Waals surface area contributed by atoms with E-state index in [-0.39, 0.29) is 0 Å². The molecule has 0 atom stereocenters. The van der Waals surface area contributed by atoms with E-state index >= 15 is 0 Å². The van der Waals surface area contributed by atoms with Crippen LogP contribution >= 0.6 is 15.9 Å². The number of carbonyl (C=O) groups is 2. The third-order valence-corrected chi connectivity index (χ3v) is 3.30. The Morgan fingerprint density at radius 2 is 2.00 bits per heavy atom. The number of hydrogen-bond acceptors (Lipinski definition) is 5. The fourth-order valence-corrected chi connectivity index (χ4v) is 2.34. The molecule has 1 aromatic carbocycles. The second kappa shape index (κ2) is 6.08. The smallest absolute Gasteiger partial charge is 0.435 e. The van der Waals surface area contributed by atoms with Crippen molar-refractivity contribution >= 4 is 38.9 Å². The molecule has 1 aromatic heterocycles.